The standard InChI is InChI=1S/C24H29Cl2FN6O/c1-13-3-5-16(6-4-13)33-22-20(11-28-23(32-22)29-19-7-8-34-12-14(19)2)30-24(33)31-21-17(26)9-15(25)10-18(21)27/h9-11,13-14,16,19H,3-8,12H2,1-2H3,(H,30,31)(H,28,29,32)/t13-,14-,16+,19+/m1/s1. The zero-order valence-corrected chi connectivity index (χ0v) is 20.8. The number of anilines is 3. The number of hydrogen-bond donors (Lipinski definition) is 2. The number of nitrogens with zero attached hydrogens (tertiary/aromatic N) is 4. The molecule has 0 spiro atoms. The molecule has 1 saturated heterocycles. The van der Waals surface area contributed by atoms with Crippen molar-refractivity contribution in [2.45, 2.75) is 58.0 Å². The predicted octanol–water partition coefficient (Wildman–Crippen LogP) is 6.60. The van der Waals surface area contributed by atoms with E-state index in [9.17, 15) is 4.39 Å². The number of halogens is 3. The van der Waals surface area contributed by atoms with Gasteiger partial charge in [-0.15, -0.1) is 0 Å². The van der Waals surface area contributed by atoms with E-state index in [1.54, 1.807) is 6.20 Å². The zero-order valence-electron chi connectivity index (χ0n) is 19.3. The molecule has 1 aliphatic carbocycles. The Morgan fingerprint density at radius 1 is 1.09 bits per heavy atom. The average Bonchev–Trinajstić information content (AvgIpc) is 3.16. The molecule has 2 aromatic heterocycles. The van der Waals surface area contributed by atoms with Crippen LogP contribution in [0.25, 0.3) is 11.2 Å². The lowest BCUT2D eigenvalue weighted by atomic mass is 9.87. The number of hydrogen-bond acceptors (Lipinski definition) is 6. The molecule has 34 heavy (non-hydrogen) atoms. The van der Waals surface area contributed by atoms with Gasteiger partial charge in [-0.05, 0) is 56.1 Å². The highest BCUT2D eigenvalue weighted by molar-refractivity contribution is 6.36. The van der Waals surface area contributed by atoms with E-state index in [0.717, 1.165) is 51.0 Å². The Kier molecular flexibility index (Phi) is 6.82. The van der Waals surface area contributed by atoms with Crippen molar-refractivity contribution in [3.8, 4) is 0 Å². The van der Waals surface area contributed by atoms with Crippen LogP contribution in [0.15, 0.2) is 18.3 Å². The topological polar surface area (TPSA) is 76.9 Å². The molecular formula is C24H29Cl2FN6O. The molecule has 1 aliphatic heterocycles. The van der Waals surface area contributed by atoms with Gasteiger partial charge in [-0.25, -0.2) is 14.4 Å². The Bertz CT molecular complexity index is 1160. The van der Waals surface area contributed by atoms with Gasteiger partial charge in [-0.2, -0.15) is 4.98 Å². The van der Waals surface area contributed by atoms with E-state index in [1.165, 1.54) is 12.1 Å². The van der Waals surface area contributed by atoms with Gasteiger partial charge in [0.1, 0.15) is 11.3 Å². The fourth-order valence-electron chi connectivity index (χ4n) is 4.93. The number of aromatic nitrogens is 4. The molecule has 182 valence electrons. The highest BCUT2D eigenvalue weighted by atomic mass is 35.5. The molecule has 10 heteroatoms. The number of rotatable bonds is 5. The van der Waals surface area contributed by atoms with Crippen LogP contribution in [0.2, 0.25) is 10.0 Å². The second kappa shape index (κ2) is 9.84. The highest BCUT2D eigenvalue weighted by Gasteiger charge is 2.27. The van der Waals surface area contributed by atoms with Gasteiger partial charge in [-0.3, -0.25) is 4.57 Å². The van der Waals surface area contributed by atoms with Crippen LogP contribution in [0.4, 0.5) is 22.0 Å². The van der Waals surface area contributed by atoms with Crippen molar-refractivity contribution in [2.75, 3.05) is 23.8 Å². The fraction of sp³-hybridized carbons (Fsp3) is 0.542. The van der Waals surface area contributed by atoms with Crippen molar-refractivity contribution in [1.82, 2.24) is 19.5 Å². The molecule has 3 aromatic rings. The van der Waals surface area contributed by atoms with Crippen molar-refractivity contribution in [1.29, 1.82) is 0 Å². The Morgan fingerprint density at radius 3 is 2.62 bits per heavy atom. The minimum absolute atomic E-state index is 0.147. The summed E-state index contributed by atoms with van der Waals surface area (Å²) in [6.45, 7) is 5.89. The molecule has 0 unspecified atom stereocenters. The van der Waals surface area contributed by atoms with Crippen LogP contribution in [-0.2, 0) is 4.74 Å². The summed E-state index contributed by atoms with van der Waals surface area (Å²) in [7, 11) is 0. The average molecular weight is 507 g/mol. The van der Waals surface area contributed by atoms with Gasteiger partial charge < -0.3 is 15.4 Å². The first-order valence-corrected chi connectivity index (χ1v) is 12.7. The minimum Gasteiger partial charge on any atom is -0.381 e. The van der Waals surface area contributed by atoms with E-state index in [2.05, 4.69) is 34.0 Å². The van der Waals surface area contributed by atoms with Crippen molar-refractivity contribution in [3.63, 3.8) is 0 Å². The first kappa shape index (κ1) is 23.6. The van der Waals surface area contributed by atoms with Crippen molar-refractivity contribution in [2.24, 2.45) is 11.8 Å². The van der Waals surface area contributed by atoms with E-state index in [4.69, 9.17) is 37.9 Å². The molecule has 7 nitrogen and oxygen atoms in total. The van der Waals surface area contributed by atoms with Gasteiger partial charge >= 0.3 is 0 Å². The van der Waals surface area contributed by atoms with Crippen LogP contribution < -0.4 is 10.6 Å². The summed E-state index contributed by atoms with van der Waals surface area (Å²) in [5.41, 5.74) is 1.52. The molecular weight excluding hydrogens is 478 g/mol. The third-order valence-corrected chi connectivity index (χ3v) is 7.50. The highest BCUT2D eigenvalue weighted by Crippen LogP contribution is 2.38. The third kappa shape index (κ3) is 4.81. The first-order chi connectivity index (χ1) is 16.4. The summed E-state index contributed by atoms with van der Waals surface area (Å²) in [6, 6.07) is 3.20. The quantitative estimate of drug-likeness (QED) is 0.405. The van der Waals surface area contributed by atoms with Crippen LogP contribution in [0.5, 0.6) is 0 Å². The molecule has 2 N–H and O–H groups in total. The number of nitrogens with one attached hydrogen (secondary N) is 2. The summed E-state index contributed by atoms with van der Waals surface area (Å²) >= 11 is 12.3. The first-order valence-electron chi connectivity index (χ1n) is 11.9. The molecule has 2 aliphatic rings. The minimum atomic E-state index is -0.532. The van der Waals surface area contributed by atoms with Gasteiger partial charge in [0.2, 0.25) is 11.9 Å². The largest absolute Gasteiger partial charge is 0.381 e. The molecule has 5 rings (SSSR count). The Labute approximate surface area is 208 Å². The fourth-order valence-corrected chi connectivity index (χ4v) is 5.44. The molecule has 3 heterocycles. The molecule has 1 aromatic carbocycles. The molecule has 0 radical (unpaired) electrons. The van der Waals surface area contributed by atoms with E-state index in [0.29, 0.717) is 29.2 Å². The summed E-state index contributed by atoms with van der Waals surface area (Å²) in [6.07, 6.45) is 6.88. The maximum Gasteiger partial charge on any atom is 0.224 e. The molecule has 2 fully saturated rings. The van der Waals surface area contributed by atoms with Crippen LogP contribution in [-0.4, -0.2) is 38.8 Å². The van der Waals surface area contributed by atoms with Gasteiger partial charge in [0.15, 0.2) is 5.65 Å². The molecule has 2 atom stereocenters. The van der Waals surface area contributed by atoms with Crippen molar-refractivity contribution < 1.29 is 9.13 Å². The van der Waals surface area contributed by atoms with Crippen LogP contribution in [0.1, 0.15) is 52.0 Å². The summed E-state index contributed by atoms with van der Waals surface area (Å²) in [5.74, 6) is 1.59. The van der Waals surface area contributed by atoms with E-state index in [1.807, 2.05) is 0 Å². The van der Waals surface area contributed by atoms with Crippen LogP contribution in [0, 0.1) is 17.7 Å². The Morgan fingerprint density at radius 2 is 1.88 bits per heavy atom. The maximum absolute atomic E-state index is 14.7. The van der Waals surface area contributed by atoms with E-state index < -0.39 is 5.82 Å². The third-order valence-electron chi connectivity index (χ3n) is 6.98. The van der Waals surface area contributed by atoms with Crippen LogP contribution in [0.3, 0.4) is 0 Å². The number of ether oxygens (including phenoxy) is 1. The van der Waals surface area contributed by atoms with Gasteiger partial charge in [0.05, 0.1) is 23.5 Å². The number of benzene rings is 1. The number of imidazole rings is 1. The van der Waals surface area contributed by atoms with E-state index >= 15 is 0 Å². The lowest BCUT2D eigenvalue weighted by Crippen LogP contribution is -2.36. The Balaban J connectivity index is 1.54. The second-order valence-corrected chi connectivity index (χ2v) is 10.4. The Hall–Kier alpha value is -2.16. The molecule has 0 amide bonds. The second-order valence-electron chi connectivity index (χ2n) is 9.58. The van der Waals surface area contributed by atoms with Gasteiger partial charge in [0, 0.05) is 23.7 Å². The summed E-state index contributed by atoms with van der Waals surface area (Å²) in [4.78, 5) is 14.1. The monoisotopic (exact) mass is 506 g/mol. The van der Waals surface area contributed by atoms with Crippen molar-refractivity contribution >= 4 is 51.9 Å². The van der Waals surface area contributed by atoms with Crippen molar-refractivity contribution in [3.05, 3.63) is 34.2 Å². The molecule has 0 bridgehead atoms. The van der Waals surface area contributed by atoms with E-state index in [-0.39, 0.29) is 27.8 Å². The zero-order chi connectivity index (χ0) is 23.8. The van der Waals surface area contributed by atoms with Gasteiger partial charge in [0.25, 0.3) is 0 Å². The SMILES string of the molecule is C[C@@H]1COCC[C@@H]1Nc1ncc2nc(Nc3c(F)cc(Cl)cc3Cl)n([C@H]3CC[C@@H](C)CC3)c2n1. The maximum atomic E-state index is 14.7. The smallest absolute Gasteiger partial charge is 0.224 e. The summed E-state index contributed by atoms with van der Waals surface area (Å²) in [5, 5.41) is 7.05. The summed E-state index contributed by atoms with van der Waals surface area (Å²) < 4.78 is 22.4. The number of fused-ring (bicyclic) bond motifs is 1. The predicted molar refractivity (Wildman–Crippen MR) is 134 cm³/mol. The van der Waals surface area contributed by atoms with Gasteiger partial charge in [-0.1, -0.05) is 37.0 Å². The lowest BCUT2D eigenvalue weighted by Gasteiger charge is -2.30. The lowest BCUT2D eigenvalue weighted by molar-refractivity contribution is 0.0536. The van der Waals surface area contributed by atoms with Crippen LogP contribution >= 0.6 is 23.2 Å². The molecule has 1 saturated carbocycles. The normalized spacial score (nSPS) is 25.4.